The van der Waals surface area contributed by atoms with Crippen LogP contribution >= 0.6 is 0 Å². The fourth-order valence-electron chi connectivity index (χ4n) is 0.964. The van der Waals surface area contributed by atoms with Gasteiger partial charge in [0.2, 0.25) is 0 Å². The lowest BCUT2D eigenvalue weighted by Gasteiger charge is -2.18. The van der Waals surface area contributed by atoms with Crippen LogP contribution in [-0.4, -0.2) is 17.5 Å². The topological polar surface area (TPSA) is 37.3 Å². The van der Waals surface area contributed by atoms with E-state index in [0.717, 1.165) is 6.29 Å². The zero-order valence-corrected chi connectivity index (χ0v) is 6.87. The van der Waals surface area contributed by atoms with Gasteiger partial charge < -0.3 is 9.90 Å². The Bertz CT molecular complexity index is 99.4. The Morgan fingerprint density at radius 3 is 2.10 bits per heavy atom. The zero-order valence-electron chi connectivity index (χ0n) is 6.87. The van der Waals surface area contributed by atoms with E-state index in [2.05, 4.69) is 0 Å². The lowest BCUT2D eigenvalue weighted by Crippen LogP contribution is -2.25. The summed E-state index contributed by atoms with van der Waals surface area (Å²) >= 11 is 0. The smallest absolute Gasteiger partial charge is 0.125 e. The maximum Gasteiger partial charge on any atom is 0.125 e. The Labute approximate surface area is 62.2 Å². The van der Waals surface area contributed by atoms with Crippen molar-refractivity contribution < 1.29 is 9.90 Å². The molecule has 2 atom stereocenters. The first-order chi connectivity index (χ1) is 4.63. The predicted octanol–water partition coefficient (Wildman–Crippen LogP) is 1.23. The number of rotatable bonds is 4. The van der Waals surface area contributed by atoms with E-state index in [1.807, 2.05) is 20.8 Å². The van der Waals surface area contributed by atoms with Crippen LogP contribution in [0, 0.1) is 11.8 Å². The van der Waals surface area contributed by atoms with Crippen LogP contribution in [0.5, 0.6) is 0 Å². The fourth-order valence-corrected chi connectivity index (χ4v) is 0.964. The van der Waals surface area contributed by atoms with E-state index >= 15 is 0 Å². The van der Waals surface area contributed by atoms with E-state index < -0.39 is 6.10 Å². The van der Waals surface area contributed by atoms with Crippen molar-refractivity contribution in [1.29, 1.82) is 0 Å². The van der Waals surface area contributed by atoms with Crippen molar-refractivity contribution in [2.75, 3.05) is 0 Å². The van der Waals surface area contributed by atoms with Crippen molar-refractivity contribution in [3.8, 4) is 0 Å². The van der Waals surface area contributed by atoms with Crippen molar-refractivity contribution in [2.45, 2.75) is 33.3 Å². The van der Waals surface area contributed by atoms with Gasteiger partial charge in [0.05, 0.1) is 6.10 Å². The summed E-state index contributed by atoms with van der Waals surface area (Å²) in [6.07, 6.45) is 1.04. The van der Waals surface area contributed by atoms with Gasteiger partial charge in [0.25, 0.3) is 0 Å². The molecular weight excluding hydrogens is 128 g/mol. The average Bonchev–Trinajstić information content (AvgIpc) is 1.88. The molecule has 0 heterocycles. The Hall–Kier alpha value is -0.370. The highest BCUT2D eigenvalue weighted by atomic mass is 16.3. The molecule has 0 saturated carbocycles. The molecule has 1 N–H and O–H groups in total. The van der Waals surface area contributed by atoms with Crippen LogP contribution in [0.1, 0.15) is 27.2 Å². The molecule has 0 aliphatic heterocycles. The number of hydrogen-bond donors (Lipinski definition) is 1. The number of carbonyl (C=O) groups is 1. The molecule has 0 spiro atoms. The summed E-state index contributed by atoms with van der Waals surface area (Å²) in [6.45, 7) is 5.76. The first-order valence-electron chi connectivity index (χ1n) is 3.76. The summed E-state index contributed by atoms with van der Waals surface area (Å²) in [5.41, 5.74) is 0. The van der Waals surface area contributed by atoms with Crippen LogP contribution < -0.4 is 0 Å². The summed E-state index contributed by atoms with van der Waals surface area (Å²) < 4.78 is 0. The molecule has 0 aliphatic rings. The summed E-state index contributed by atoms with van der Waals surface area (Å²) in [7, 11) is 0. The second-order valence-electron chi connectivity index (χ2n) is 2.93. The van der Waals surface area contributed by atoms with Crippen LogP contribution in [0.15, 0.2) is 0 Å². The zero-order chi connectivity index (χ0) is 8.15. The summed E-state index contributed by atoms with van der Waals surface area (Å²) in [5, 5.41) is 9.26. The first-order valence-corrected chi connectivity index (χ1v) is 3.76. The van der Waals surface area contributed by atoms with E-state index in [1.165, 1.54) is 0 Å². The second-order valence-corrected chi connectivity index (χ2v) is 2.93. The van der Waals surface area contributed by atoms with Gasteiger partial charge in [-0.15, -0.1) is 0 Å². The van der Waals surface area contributed by atoms with Crippen LogP contribution in [0.25, 0.3) is 0 Å². The van der Waals surface area contributed by atoms with Gasteiger partial charge in [-0.1, -0.05) is 20.8 Å². The normalized spacial score (nSPS) is 16.9. The standard InChI is InChI=1S/C8H16O2/c1-4-8(10)7(5-9)6(2)3/h5-8,10H,4H2,1-3H3. The molecule has 0 aliphatic carbocycles. The Morgan fingerprint density at radius 1 is 1.50 bits per heavy atom. The van der Waals surface area contributed by atoms with Gasteiger partial charge >= 0.3 is 0 Å². The molecule has 0 aromatic heterocycles. The van der Waals surface area contributed by atoms with Crippen molar-refractivity contribution in [3.63, 3.8) is 0 Å². The fraction of sp³-hybridized carbons (Fsp3) is 0.875. The van der Waals surface area contributed by atoms with Gasteiger partial charge in [-0.2, -0.15) is 0 Å². The molecular formula is C8H16O2. The van der Waals surface area contributed by atoms with Gasteiger partial charge in [0, 0.05) is 5.92 Å². The monoisotopic (exact) mass is 144 g/mol. The number of hydrogen-bond acceptors (Lipinski definition) is 2. The van der Waals surface area contributed by atoms with Crippen molar-refractivity contribution in [3.05, 3.63) is 0 Å². The Balaban J connectivity index is 3.92. The number of aldehydes is 1. The maximum atomic E-state index is 10.4. The Morgan fingerprint density at radius 2 is 2.00 bits per heavy atom. The number of aliphatic hydroxyl groups is 1. The van der Waals surface area contributed by atoms with E-state index in [-0.39, 0.29) is 11.8 Å². The average molecular weight is 144 g/mol. The van der Waals surface area contributed by atoms with Gasteiger partial charge in [0.15, 0.2) is 0 Å². The van der Waals surface area contributed by atoms with Crippen molar-refractivity contribution in [1.82, 2.24) is 0 Å². The highest BCUT2D eigenvalue weighted by molar-refractivity contribution is 5.54. The third kappa shape index (κ3) is 2.48. The van der Waals surface area contributed by atoms with E-state index in [4.69, 9.17) is 0 Å². The lowest BCUT2D eigenvalue weighted by atomic mass is 9.90. The maximum absolute atomic E-state index is 10.4. The molecule has 2 nitrogen and oxygen atoms in total. The number of carbonyl (C=O) groups excluding carboxylic acids is 1. The third-order valence-electron chi connectivity index (χ3n) is 1.79. The van der Waals surface area contributed by atoms with Crippen molar-refractivity contribution in [2.24, 2.45) is 11.8 Å². The second kappa shape index (κ2) is 4.45. The molecule has 0 bridgehead atoms. The summed E-state index contributed by atoms with van der Waals surface area (Å²) in [5.74, 6) is 0.0532. The minimum absolute atomic E-state index is 0.190. The van der Waals surface area contributed by atoms with Crippen LogP contribution in [0.2, 0.25) is 0 Å². The van der Waals surface area contributed by atoms with Gasteiger partial charge in [-0.05, 0) is 12.3 Å². The molecule has 0 radical (unpaired) electrons. The summed E-state index contributed by atoms with van der Waals surface area (Å²) in [4.78, 5) is 10.4. The minimum Gasteiger partial charge on any atom is -0.392 e. The van der Waals surface area contributed by atoms with E-state index in [9.17, 15) is 9.90 Å². The number of aliphatic hydroxyl groups excluding tert-OH is 1. The molecule has 0 aromatic carbocycles. The molecule has 2 unspecified atom stereocenters. The molecule has 0 rings (SSSR count). The van der Waals surface area contributed by atoms with Crippen LogP contribution in [0.4, 0.5) is 0 Å². The molecule has 2 heteroatoms. The molecule has 0 aromatic rings. The third-order valence-corrected chi connectivity index (χ3v) is 1.79. The summed E-state index contributed by atoms with van der Waals surface area (Å²) in [6, 6.07) is 0. The lowest BCUT2D eigenvalue weighted by molar-refractivity contribution is -0.116. The largest absolute Gasteiger partial charge is 0.392 e. The van der Waals surface area contributed by atoms with E-state index in [0.29, 0.717) is 6.42 Å². The van der Waals surface area contributed by atoms with Gasteiger partial charge in [-0.25, -0.2) is 0 Å². The Kier molecular flexibility index (Phi) is 4.28. The van der Waals surface area contributed by atoms with Crippen molar-refractivity contribution >= 4 is 6.29 Å². The molecule has 0 saturated heterocycles. The highest BCUT2D eigenvalue weighted by Gasteiger charge is 2.19. The molecule has 0 fully saturated rings. The van der Waals surface area contributed by atoms with Crippen LogP contribution in [0.3, 0.4) is 0 Å². The van der Waals surface area contributed by atoms with E-state index in [1.54, 1.807) is 0 Å². The SMILES string of the molecule is CCC(O)C(C=O)C(C)C. The molecule has 60 valence electrons. The predicted molar refractivity (Wildman–Crippen MR) is 40.7 cm³/mol. The van der Waals surface area contributed by atoms with Gasteiger partial charge in [0.1, 0.15) is 6.29 Å². The highest BCUT2D eigenvalue weighted by Crippen LogP contribution is 2.14. The molecule has 0 amide bonds. The molecule has 10 heavy (non-hydrogen) atoms. The quantitative estimate of drug-likeness (QED) is 0.602. The van der Waals surface area contributed by atoms with Gasteiger partial charge in [-0.3, -0.25) is 0 Å². The minimum atomic E-state index is -0.461. The van der Waals surface area contributed by atoms with Crippen LogP contribution in [-0.2, 0) is 4.79 Å². The first kappa shape index (κ1) is 9.63.